The highest BCUT2D eigenvalue weighted by atomic mass is 16.1. The molecule has 0 aliphatic rings. The van der Waals surface area contributed by atoms with Crippen LogP contribution in [0.5, 0.6) is 0 Å². The van der Waals surface area contributed by atoms with Crippen LogP contribution in [0.4, 0.5) is 17.5 Å². The molecule has 0 aromatic carbocycles. The summed E-state index contributed by atoms with van der Waals surface area (Å²) < 4.78 is 0. The number of nitrogens with zero attached hydrogens (tertiary/aromatic N) is 4. The van der Waals surface area contributed by atoms with E-state index in [0.29, 0.717) is 36.1 Å². The number of rotatable bonds is 7. The van der Waals surface area contributed by atoms with Crippen LogP contribution in [0, 0.1) is 6.92 Å². The second kappa shape index (κ2) is 8.52. The normalized spacial score (nSPS) is 10.2. The van der Waals surface area contributed by atoms with Gasteiger partial charge in [-0.3, -0.25) is 9.78 Å². The lowest BCUT2D eigenvalue weighted by Crippen LogP contribution is -2.28. The summed E-state index contributed by atoms with van der Waals surface area (Å²) in [4.78, 5) is 20.0. The Morgan fingerprint density at radius 2 is 1.65 bits per heavy atom. The van der Waals surface area contributed by atoms with Crippen molar-refractivity contribution in [1.29, 1.82) is 0 Å². The molecule has 0 saturated heterocycles. The first-order valence-corrected chi connectivity index (χ1v) is 8.16. The number of nitrogens with one attached hydrogen (secondary N) is 3. The monoisotopic (exact) mass is 349 g/mol. The third kappa shape index (κ3) is 4.97. The summed E-state index contributed by atoms with van der Waals surface area (Å²) in [6.07, 6.45) is 4.96. The fourth-order valence-electron chi connectivity index (χ4n) is 2.14. The van der Waals surface area contributed by atoms with E-state index in [1.165, 1.54) is 0 Å². The SMILES string of the molecule is Cc1ccc(Nc2ccc(NCCNC(=O)c3ccncc3)nn2)nc1. The zero-order valence-electron chi connectivity index (χ0n) is 14.3. The topological polar surface area (TPSA) is 105 Å². The number of hydrogen-bond donors (Lipinski definition) is 3. The first-order valence-electron chi connectivity index (χ1n) is 8.16. The summed E-state index contributed by atoms with van der Waals surface area (Å²) in [7, 11) is 0. The molecule has 0 fully saturated rings. The maximum atomic E-state index is 11.9. The average molecular weight is 349 g/mol. The average Bonchev–Trinajstić information content (AvgIpc) is 2.69. The second-order valence-electron chi connectivity index (χ2n) is 5.57. The molecule has 8 heteroatoms. The first-order chi connectivity index (χ1) is 12.7. The predicted octanol–water partition coefficient (Wildman–Crippen LogP) is 2.16. The van der Waals surface area contributed by atoms with Crippen LogP contribution in [0.2, 0.25) is 0 Å². The van der Waals surface area contributed by atoms with E-state index in [4.69, 9.17) is 0 Å². The van der Waals surface area contributed by atoms with E-state index in [0.717, 1.165) is 5.56 Å². The Bertz CT molecular complexity index is 836. The smallest absolute Gasteiger partial charge is 0.251 e. The third-order valence-electron chi connectivity index (χ3n) is 3.49. The number of aromatic nitrogens is 4. The molecule has 0 spiro atoms. The van der Waals surface area contributed by atoms with Gasteiger partial charge in [0.05, 0.1) is 0 Å². The van der Waals surface area contributed by atoms with Gasteiger partial charge in [0.25, 0.3) is 5.91 Å². The number of aryl methyl sites for hydroxylation is 1. The number of hydrogen-bond acceptors (Lipinski definition) is 7. The van der Waals surface area contributed by atoms with Gasteiger partial charge in [0.2, 0.25) is 0 Å². The highest BCUT2D eigenvalue weighted by Gasteiger charge is 2.03. The molecular formula is C18H19N7O. The fraction of sp³-hybridized carbons (Fsp3) is 0.167. The van der Waals surface area contributed by atoms with Gasteiger partial charge in [-0.1, -0.05) is 6.07 Å². The van der Waals surface area contributed by atoms with Gasteiger partial charge in [0, 0.05) is 37.2 Å². The molecular weight excluding hydrogens is 330 g/mol. The highest BCUT2D eigenvalue weighted by Crippen LogP contribution is 2.12. The van der Waals surface area contributed by atoms with E-state index in [1.54, 1.807) is 30.7 Å². The van der Waals surface area contributed by atoms with Crippen molar-refractivity contribution in [2.75, 3.05) is 23.7 Å². The Balaban J connectivity index is 1.43. The Morgan fingerprint density at radius 3 is 2.35 bits per heavy atom. The van der Waals surface area contributed by atoms with Gasteiger partial charge in [-0.2, -0.15) is 0 Å². The van der Waals surface area contributed by atoms with Gasteiger partial charge in [-0.05, 0) is 42.8 Å². The van der Waals surface area contributed by atoms with E-state index in [-0.39, 0.29) is 5.91 Å². The Morgan fingerprint density at radius 1 is 0.923 bits per heavy atom. The molecule has 0 radical (unpaired) electrons. The predicted molar refractivity (Wildman–Crippen MR) is 99.3 cm³/mol. The molecule has 3 aromatic heterocycles. The summed E-state index contributed by atoms with van der Waals surface area (Å²) in [5.41, 5.74) is 1.68. The van der Waals surface area contributed by atoms with E-state index in [2.05, 4.69) is 36.1 Å². The molecule has 26 heavy (non-hydrogen) atoms. The van der Waals surface area contributed by atoms with Crippen molar-refractivity contribution in [1.82, 2.24) is 25.5 Å². The molecule has 1 amide bonds. The first kappa shape index (κ1) is 17.3. The highest BCUT2D eigenvalue weighted by molar-refractivity contribution is 5.93. The minimum atomic E-state index is -0.134. The van der Waals surface area contributed by atoms with Crippen LogP contribution in [0.3, 0.4) is 0 Å². The Hall–Kier alpha value is -3.55. The standard InChI is InChI=1S/C18H19N7O/c1-13-2-3-15(22-12-13)23-17-5-4-16(24-25-17)20-10-11-21-18(26)14-6-8-19-9-7-14/h2-9,12H,10-11H2,1H3,(H,20,24)(H,21,26)(H,22,23,25). The van der Waals surface area contributed by atoms with Crippen molar-refractivity contribution in [3.8, 4) is 0 Å². The fourth-order valence-corrected chi connectivity index (χ4v) is 2.14. The molecule has 0 atom stereocenters. The van der Waals surface area contributed by atoms with Gasteiger partial charge in [0.15, 0.2) is 5.82 Å². The van der Waals surface area contributed by atoms with Gasteiger partial charge >= 0.3 is 0 Å². The van der Waals surface area contributed by atoms with Crippen molar-refractivity contribution in [3.63, 3.8) is 0 Å². The molecule has 0 aliphatic heterocycles. The maximum Gasteiger partial charge on any atom is 0.251 e. The molecule has 0 bridgehead atoms. The molecule has 132 valence electrons. The van der Waals surface area contributed by atoms with Crippen molar-refractivity contribution in [2.24, 2.45) is 0 Å². The van der Waals surface area contributed by atoms with Crippen molar-refractivity contribution < 1.29 is 4.79 Å². The molecule has 3 N–H and O–H groups in total. The second-order valence-corrected chi connectivity index (χ2v) is 5.57. The van der Waals surface area contributed by atoms with Crippen molar-refractivity contribution in [3.05, 3.63) is 66.1 Å². The molecule has 3 heterocycles. The van der Waals surface area contributed by atoms with E-state index in [9.17, 15) is 4.79 Å². The van der Waals surface area contributed by atoms with E-state index >= 15 is 0 Å². The molecule has 0 aliphatic carbocycles. The van der Waals surface area contributed by atoms with Crippen molar-refractivity contribution >= 4 is 23.4 Å². The van der Waals surface area contributed by atoms with E-state index in [1.807, 2.05) is 31.2 Å². The number of carbonyl (C=O) groups is 1. The summed E-state index contributed by atoms with van der Waals surface area (Å²) >= 11 is 0. The summed E-state index contributed by atoms with van der Waals surface area (Å²) in [5, 5.41) is 17.2. The van der Waals surface area contributed by atoms with Crippen LogP contribution < -0.4 is 16.0 Å². The van der Waals surface area contributed by atoms with Gasteiger partial charge in [-0.25, -0.2) is 4.98 Å². The van der Waals surface area contributed by atoms with Gasteiger partial charge in [0.1, 0.15) is 11.6 Å². The van der Waals surface area contributed by atoms with Crippen LogP contribution in [0.25, 0.3) is 0 Å². The summed E-state index contributed by atoms with van der Waals surface area (Å²) in [6.45, 7) is 2.99. The Kier molecular flexibility index (Phi) is 5.66. The Labute approximate surface area is 151 Å². The number of pyridine rings is 2. The molecule has 0 unspecified atom stereocenters. The molecule has 3 aromatic rings. The molecule has 0 saturated carbocycles. The number of carbonyl (C=O) groups excluding carboxylic acids is 1. The summed E-state index contributed by atoms with van der Waals surface area (Å²) in [6, 6.07) is 10.8. The van der Waals surface area contributed by atoms with Crippen LogP contribution >= 0.6 is 0 Å². The quantitative estimate of drug-likeness (QED) is 0.561. The van der Waals surface area contributed by atoms with Crippen LogP contribution in [-0.4, -0.2) is 39.2 Å². The minimum absolute atomic E-state index is 0.134. The lowest BCUT2D eigenvalue weighted by atomic mass is 10.2. The zero-order chi connectivity index (χ0) is 18.2. The maximum absolute atomic E-state index is 11.9. The third-order valence-corrected chi connectivity index (χ3v) is 3.49. The largest absolute Gasteiger partial charge is 0.367 e. The van der Waals surface area contributed by atoms with Crippen LogP contribution in [0.1, 0.15) is 15.9 Å². The molecule has 3 rings (SSSR count). The van der Waals surface area contributed by atoms with Crippen molar-refractivity contribution in [2.45, 2.75) is 6.92 Å². The lowest BCUT2D eigenvalue weighted by molar-refractivity contribution is 0.0955. The summed E-state index contributed by atoms with van der Waals surface area (Å²) in [5.74, 6) is 1.82. The zero-order valence-corrected chi connectivity index (χ0v) is 14.3. The number of anilines is 3. The van der Waals surface area contributed by atoms with Gasteiger partial charge in [-0.15, -0.1) is 10.2 Å². The lowest BCUT2D eigenvalue weighted by Gasteiger charge is -2.08. The molecule has 8 nitrogen and oxygen atoms in total. The van der Waals surface area contributed by atoms with Gasteiger partial charge < -0.3 is 16.0 Å². The van der Waals surface area contributed by atoms with Crippen LogP contribution in [0.15, 0.2) is 55.0 Å². The van der Waals surface area contributed by atoms with Crippen LogP contribution in [-0.2, 0) is 0 Å². The number of amides is 1. The van der Waals surface area contributed by atoms with E-state index < -0.39 is 0 Å². The minimum Gasteiger partial charge on any atom is -0.367 e.